The summed E-state index contributed by atoms with van der Waals surface area (Å²) in [5.41, 5.74) is 1.22. The van der Waals surface area contributed by atoms with Gasteiger partial charge in [0, 0.05) is 28.2 Å². The first-order valence-corrected chi connectivity index (χ1v) is 6.73. The molecule has 0 atom stereocenters. The van der Waals surface area contributed by atoms with Gasteiger partial charge in [-0.2, -0.15) is 0 Å². The van der Waals surface area contributed by atoms with E-state index in [1.807, 2.05) is 0 Å². The van der Waals surface area contributed by atoms with Crippen LogP contribution in [0.4, 0.5) is 8.63 Å². The van der Waals surface area contributed by atoms with Crippen LogP contribution in [0.1, 0.15) is 5.69 Å². The number of rotatable bonds is 4. The zero-order valence-electron chi connectivity index (χ0n) is 11.9. The monoisotopic (exact) mass is 298 g/mol. The fourth-order valence-electron chi connectivity index (χ4n) is 2.71. The Bertz CT molecular complexity index is 845. The van der Waals surface area contributed by atoms with Gasteiger partial charge in [0.2, 0.25) is 0 Å². The van der Waals surface area contributed by atoms with E-state index in [4.69, 9.17) is 10.1 Å². The molecule has 1 N–H and O–H groups in total. The molecule has 22 heavy (non-hydrogen) atoms. The second-order valence-electron chi connectivity index (χ2n) is 4.80. The molecule has 0 radical (unpaired) electrons. The van der Waals surface area contributed by atoms with Crippen molar-refractivity contribution in [3.8, 4) is 17.0 Å². The number of halogens is 2. The fourth-order valence-corrected chi connectivity index (χ4v) is 2.71. The smallest absolute Gasteiger partial charge is 0.497 e. The van der Waals surface area contributed by atoms with Crippen molar-refractivity contribution in [2.24, 2.45) is 0 Å². The molecule has 0 fully saturated rings. The van der Waals surface area contributed by atoms with Crippen molar-refractivity contribution in [2.75, 3.05) is 7.11 Å². The SMILES string of the molecule is COc1cccc(-c2c3ccccc3c(C=N)n2B(F)F)c1. The van der Waals surface area contributed by atoms with Gasteiger partial charge in [0.15, 0.2) is 0 Å². The van der Waals surface area contributed by atoms with Crippen molar-refractivity contribution < 1.29 is 13.4 Å². The molecule has 0 aliphatic rings. The van der Waals surface area contributed by atoms with Crippen molar-refractivity contribution in [3.63, 3.8) is 0 Å². The van der Waals surface area contributed by atoms with E-state index in [9.17, 15) is 8.63 Å². The van der Waals surface area contributed by atoms with Crippen LogP contribution in [0.5, 0.6) is 5.75 Å². The number of nitrogens with zero attached hydrogens (tertiary/aromatic N) is 1. The summed E-state index contributed by atoms with van der Waals surface area (Å²) in [6.07, 6.45) is 0.970. The Morgan fingerprint density at radius 3 is 2.45 bits per heavy atom. The van der Waals surface area contributed by atoms with Gasteiger partial charge in [-0.15, -0.1) is 0 Å². The minimum atomic E-state index is -2.73. The van der Waals surface area contributed by atoms with Crippen LogP contribution in [-0.4, -0.2) is 25.2 Å². The van der Waals surface area contributed by atoms with Crippen LogP contribution in [-0.2, 0) is 0 Å². The van der Waals surface area contributed by atoms with Gasteiger partial charge < -0.3 is 14.6 Å². The molecule has 0 unspecified atom stereocenters. The second kappa shape index (κ2) is 5.64. The number of aromatic nitrogens is 1. The number of methoxy groups -OCH3 is 1. The molecule has 0 amide bonds. The third kappa shape index (κ3) is 2.17. The van der Waals surface area contributed by atoms with Crippen LogP contribution in [0.3, 0.4) is 0 Å². The third-order valence-electron chi connectivity index (χ3n) is 3.63. The van der Waals surface area contributed by atoms with Gasteiger partial charge in [-0.1, -0.05) is 36.4 Å². The van der Waals surface area contributed by atoms with Crippen LogP contribution in [0.2, 0.25) is 0 Å². The molecule has 6 heteroatoms. The van der Waals surface area contributed by atoms with Gasteiger partial charge in [0.05, 0.1) is 12.8 Å². The van der Waals surface area contributed by atoms with Crippen molar-refractivity contribution in [3.05, 3.63) is 54.2 Å². The zero-order chi connectivity index (χ0) is 15.7. The molecule has 0 saturated carbocycles. The quantitative estimate of drug-likeness (QED) is 0.572. The summed E-state index contributed by atoms with van der Waals surface area (Å²) in [5, 5.41) is 8.83. The Labute approximate surface area is 126 Å². The molecule has 0 bridgehead atoms. The lowest BCUT2D eigenvalue weighted by atomic mass is 10.1. The molecule has 3 nitrogen and oxygen atoms in total. The van der Waals surface area contributed by atoms with Crippen molar-refractivity contribution >= 4 is 24.4 Å². The van der Waals surface area contributed by atoms with E-state index in [2.05, 4.69) is 0 Å². The fraction of sp³-hybridized carbons (Fsp3) is 0.0625. The minimum Gasteiger partial charge on any atom is -0.497 e. The normalized spacial score (nSPS) is 10.7. The Morgan fingerprint density at radius 1 is 1.09 bits per heavy atom. The van der Waals surface area contributed by atoms with Crippen molar-refractivity contribution in [2.45, 2.75) is 0 Å². The van der Waals surface area contributed by atoms with E-state index < -0.39 is 7.40 Å². The maximum Gasteiger partial charge on any atom is 0.678 e. The highest BCUT2D eigenvalue weighted by Crippen LogP contribution is 2.35. The van der Waals surface area contributed by atoms with E-state index >= 15 is 0 Å². The number of benzene rings is 2. The van der Waals surface area contributed by atoms with Crippen LogP contribution < -0.4 is 4.74 Å². The maximum absolute atomic E-state index is 13.6. The molecule has 110 valence electrons. The summed E-state index contributed by atoms with van der Waals surface area (Å²) in [6, 6.07) is 14.1. The van der Waals surface area contributed by atoms with Gasteiger partial charge in [0.1, 0.15) is 5.75 Å². The summed E-state index contributed by atoms with van der Waals surface area (Å²) in [6.45, 7) is 0. The second-order valence-corrected chi connectivity index (χ2v) is 4.80. The Balaban J connectivity index is 2.41. The number of fused-ring (bicyclic) bond motifs is 1. The average molecular weight is 298 g/mol. The van der Waals surface area contributed by atoms with E-state index in [-0.39, 0.29) is 5.69 Å². The Hall–Kier alpha value is -2.63. The standard InChI is InChI=1S/C16H13BF2N2O/c1-22-12-6-4-5-11(9-12)16-14-8-3-2-7-13(14)15(10-20)21(16)17(18)19/h2-10,20H,1H3. The van der Waals surface area contributed by atoms with E-state index in [1.54, 1.807) is 48.5 Å². The number of ether oxygens (including phenoxy) is 1. The predicted molar refractivity (Wildman–Crippen MR) is 85.2 cm³/mol. The first-order valence-electron chi connectivity index (χ1n) is 6.73. The van der Waals surface area contributed by atoms with Crippen LogP contribution in [0.25, 0.3) is 22.0 Å². The molecule has 1 heterocycles. The molecular weight excluding hydrogens is 285 g/mol. The minimum absolute atomic E-state index is 0.198. The van der Waals surface area contributed by atoms with Crippen LogP contribution in [0.15, 0.2) is 48.5 Å². The van der Waals surface area contributed by atoms with Gasteiger partial charge in [-0.3, -0.25) is 8.63 Å². The maximum atomic E-state index is 13.6. The molecule has 1 aromatic heterocycles. The predicted octanol–water partition coefficient (Wildman–Crippen LogP) is 4.09. The van der Waals surface area contributed by atoms with E-state index in [0.29, 0.717) is 27.8 Å². The first-order chi connectivity index (χ1) is 10.7. The van der Waals surface area contributed by atoms with E-state index in [0.717, 1.165) is 10.7 Å². The summed E-state index contributed by atoms with van der Waals surface area (Å²) in [4.78, 5) is 0. The molecule has 0 aliphatic carbocycles. The highest BCUT2D eigenvalue weighted by atomic mass is 19.2. The van der Waals surface area contributed by atoms with Crippen LogP contribution in [0, 0.1) is 5.41 Å². The van der Waals surface area contributed by atoms with Gasteiger partial charge in [0.25, 0.3) is 0 Å². The highest BCUT2D eigenvalue weighted by molar-refractivity contribution is 6.44. The Kier molecular flexibility index (Phi) is 3.67. The largest absolute Gasteiger partial charge is 0.678 e. The lowest BCUT2D eigenvalue weighted by molar-refractivity contribution is 0.415. The third-order valence-corrected chi connectivity index (χ3v) is 3.63. The number of hydrogen-bond acceptors (Lipinski definition) is 2. The summed E-state index contributed by atoms with van der Waals surface area (Å²) in [7, 11) is -1.20. The van der Waals surface area contributed by atoms with E-state index in [1.165, 1.54) is 7.11 Å². The molecule has 0 spiro atoms. The van der Waals surface area contributed by atoms with Crippen molar-refractivity contribution in [1.82, 2.24) is 4.48 Å². The lowest BCUT2D eigenvalue weighted by Crippen LogP contribution is -2.17. The summed E-state index contributed by atoms with van der Waals surface area (Å²) in [5.74, 6) is 0.597. The average Bonchev–Trinajstić information content (AvgIpc) is 2.89. The van der Waals surface area contributed by atoms with Crippen LogP contribution >= 0.6 is 0 Å². The molecule has 2 aromatic carbocycles. The summed E-state index contributed by atoms with van der Waals surface area (Å²) >= 11 is 0. The lowest BCUT2D eigenvalue weighted by Gasteiger charge is -2.10. The Morgan fingerprint density at radius 2 is 1.82 bits per heavy atom. The summed E-state index contributed by atoms with van der Waals surface area (Å²) < 4.78 is 33.3. The highest BCUT2D eigenvalue weighted by Gasteiger charge is 2.27. The zero-order valence-corrected chi connectivity index (χ0v) is 11.9. The molecule has 3 rings (SSSR count). The number of hydrogen-bond donors (Lipinski definition) is 1. The first kappa shape index (κ1) is 14.3. The number of nitrogens with one attached hydrogen (secondary N) is 1. The molecule has 0 saturated heterocycles. The van der Waals surface area contributed by atoms with Crippen molar-refractivity contribution in [1.29, 1.82) is 5.41 Å². The molecule has 0 aliphatic heterocycles. The molecular formula is C16H13BF2N2O. The van der Waals surface area contributed by atoms with Gasteiger partial charge in [-0.25, -0.2) is 0 Å². The van der Waals surface area contributed by atoms with Gasteiger partial charge in [-0.05, 0) is 12.1 Å². The van der Waals surface area contributed by atoms with Gasteiger partial charge >= 0.3 is 7.40 Å². The topological polar surface area (TPSA) is 38.0 Å². The molecule has 3 aromatic rings.